The average molecular weight is 309 g/mol. The van der Waals surface area contributed by atoms with E-state index in [0.717, 1.165) is 32.4 Å². The first-order chi connectivity index (χ1) is 11.3. The molecule has 2 aromatic carbocycles. The van der Waals surface area contributed by atoms with Crippen LogP contribution in [0, 0.1) is 0 Å². The number of carbonyl (C=O) groups is 1. The molecule has 0 spiro atoms. The van der Waals surface area contributed by atoms with Crippen molar-refractivity contribution in [2.45, 2.75) is 31.2 Å². The van der Waals surface area contributed by atoms with Gasteiger partial charge in [0.2, 0.25) is 0 Å². The molecule has 1 aliphatic rings. The van der Waals surface area contributed by atoms with E-state index in [1.54, 1.807) is 0 Å². The van der Waals surface area contributed by atoms with Gasteiger partial charge in [-0.25, -0.2) is 0 Å². The van der Waals surface area contributed by atoms with Gasteiger partial charge in [0.15, 0.2) is 0 Å². The lowest BCUT2D eigenvalue weighted by molar-refractivity contribution is -0.144. The molecular weight excluding hydrogens is 286 g/mol. The van der Waals surface area contributed by atoms with Gasteiger partial charge < -0.3 is 5.11 Å². The molecule has 3 heteroatoms. The molecule has 1 saturated heterocycles. The van der Waals surface area contributed by atoms with Crippen molar-refractivity contribution >= 4 is 5.97 Å². The summed E-state index contributed by atoms with van der Waals surface area (Å²) in [4.78, 5) is 13.7. The van der Waals surface area contributed by atoms with Gasteiger partial charge in [-0.1, -0.05) is 67.1 Å². The quantitative estimate of drug-likeness (QED) is 0.914. The maximum Gasteiger partial charge on any atom is 0.320 e. The number of likely N-dealkylation sites (tertiary alicyclic amines) is 1. The number of piperidine rings is 1. The van der Waals surface area contributed by atoms with Gasteiger partial charge in [-0.05, 0) is 30.5 Å². The van der Waals surface area contributed by atoms with E-state index < -0.39 is 5.97 Å². The van der Waals surface area contributed by atoms with E-state index >= 15 is 0 Å². The van der Waals surface area contributed by atoms with Gasteiger partial charge in [-0.3, -0.25) is 9.69 Å². The van der Waals surface area contributed by atoms with E-state index in [2.05, 4.69) is 53.4 Å². The first kappa shape index (κ1) is 15.8. The molecular formula is C20H23NO2. The Bertz CT molecular complexity index is 587. The van der Waals surface area contributed by atoms with E-state index in [1.165, 1.54) is 11.1 Å². The number of carboxylic acids is 1. The minimum atomic E-state index is -0.690. The molecule has 0 saturated carbocycles. The fourth-order valence-electron chi connectivity index (χ4n) is 3.50. The van der Waals surface area contributed by atoms with Crippen molar-refractivity contribution in [2.24, 2.45) is 0 Å². The van der Waals surface area contributed by atoms with Crippen LogP contribution in [0.2, 0.25) is 0 Å². The first-order valence-corrected chi connectivity index (χ1v) is 8.32. The van der Waals surface area contributed by atoms with Crippen LogP contribution in [0.5, 0.6) is 0 Å². The zero-order valence-electron chi connectivity index (χ0n) is 13.3. The monoisotopic (exact) mass is 309 g/mol. The Kier molecular flexibility index (Phi) is 5.09. The topological polar surface area (TPSA) is 40.5 Å². The highest BCUT2D eigenvalue weighted by atomic mass is 16.4. The van der Waals surface area contributed by atoms with Crippen molar-refractivity contribution in [3.05, 3.63) is 71.8 Å². The molecule has 0 bridgehead atoms. The molecule has 2 aromatic rings. The smallest absolute Gasteiger partial charge is 0.320 e. The first-order valence-electron chi connectivity index (χ1n) is 8.32. The third kappa shape index (κ3) is 3.80. The van der Waals surface area contributed by atoms with Crippen LogP contribution in [0.1, 0.15) is 36.3 Å². The van der Waals surface area contributed by atoms with E-state index in [4.69, 9.17) is 0 Å². The van der Waals surface area contributed by atoms with Crippen molar-refractivity contribution in [3.8, 4) is 0 Å². The summed E-state index contributed by atoms with van der Waals surface area (Å²) in [5.74, 6) is -0.484. The molecule has 120 valence electrons. The second kappa shape index (κ2) is 7.42. The van der Waals surface area contributed by atoms with Crippen LogP contribution < -0.4 is 0 Å². The molecule has 0 radical (unpaired) electrons. The van der Waals surface area contributed by atoms with Gasteiger partial charge in [0, 0.05) is 12.5 Å². The lowest BCUT2D eigenvalue weighted by Gasteiger charge is -2.35. The van der Waals surface area contributed by atoms with Crippen LogP contribution in [0.3, 0.4) is 0 Å². The minimum Gasteiger partial charge on any atom is -0.480 e. The molecule has 0 unspecified atom stereocenters. The number of nitrogens with zero attached hydrogens (tertiary/aromatic N) is 1. The molecule has 1 aliphatic heterocycles. The van der Waals surface area contributed by atoms with Crippen LogP contribution in [-0.4, -0.2) is 35.1 Å². The normalized spacial score (nSPS) is 18.9. The van der Waals surface area contributed by atoms with Gasteiger partial charge in [0.05, 0.1) is 0 Å². The van der Waals surface area contributed by atoms with E-state index in [0.29, 0.717) is 0 Å². The highest BCUT2D eigenvalue weighted by molar-refractivity contribution is 5.73. The average Bonchev–Trinajstić information content (AvgIpc) is 2.61. The third-order valence-corrected chi connectivity index (χ3v) is 4.72. The standard InChI is InChI=1S/C20H23NO2/c22-20(23)19-13-7-8-14-21(19)15-18(16-9-3-1-4-10-16)17-11-5-2-6-12-17/h1-6,9-12,18-19H,7-8,13-15H2,(H,22,23)/t19-/m0/s1. The van der Waals surface area contributed by atoms with Gasteiger partial charge in [-0.2, -0.15) is 0 Å². The zero-order chi connectivity index (χ0) is 16.1. The summed E-state index contributed by atoms with van der Waals surface area (Å²) in [6.45, 7) is 1.62. The molecule has 3 nitrogen and oxygen atoms in total. The summed E-state index contributed by atoms with van der Waals surface area (Å²) in [6.07, 6.45) is 2.85. The number of hydrogen-bond acceptors (Lipinski definition) is 2. The van der Waals surface area contributed by atoms with Crippen molar-refractivity contribution in [3.63, 3.8) is 0 Å². The molecule has 1 heterocycles. The Morgan fingerprint density at radius 3 is 2.09 bits per heavy atom. The molecule has 0 amide bonds. The Hall–Kier alpha value is -2.13. The summed E-state index contributed by atoms with van der Waals surface area (Å²) in [5.41, 5.74) is 2.49. The van der Waals surface area contributed by atoms with Crippen molar-refractivity contribution in [1.82, 2.24) is 4.90 Å². The number of benzene rings is 2. The third-order valence-electron chi connectivity index (χ3n) is 4.72. The van der Waals surface area contributed by atoms with Crippen molar-refractivity contribution < 1.29 is 9.90 Å². The van der Waals surface area contributed by atoms with E-state index in [9.17, 15) is 9.90 Å². The van der Waals surface area contributed by atoms with Crippen LogP contribution in [-0.2, 0) is 4.79 Å². The Morgan fingerprint density at radius 2 is 1.57 bits per heavy atom. The second-order valence-electron chi connectivity index (χ2n) is 6.22. The summed E-state index contributed by atoms with van der Waals surface area (Å²) in [5, 5.41) is 9.52. The SMILES string of the molecule is O=C(O)[C@@H]1CCCCN1CC(c1ccccc1)c1ccccc1. The summed E-state index contributed by atoms with van der Waals surface area (Å²) < 4.78 is 0. The Balaban J connectivity index is 1.88. The molecule has 1 atom stereocenters. The largest absolute Gasteiger partial charge is 0.480 e. The predicted octanol–water partition coefficient (Wildman–Crippen LogP) is 3.76. The molecule has 0 aliphatic carbocycles. The van der Waals surface area contributed by atoms with Crippen LogP contribution >= 0.6 is 0 Å². The summed E-state index contributed by atoms with van der Waals surface area (Å²) in [7, 11) is 0. The lowest BCUT2D eigenvalue weighted by Crippen LogP contribution is -2.46. The number of aliphatic carboxylic acids is 1. The van der Waals surface area contributed by atoms with Crippen LogP contribution in [0.25, 0.3) is 0 Å². The number of carboxylic acid groups (broad SMARTS) is 1. The van der Waals surface area contributed by atoms with Gasteiger partial charge >= 0.3 is 5.97 Å². The van der Waals surface area contributed by atoms with Crippen molar-refractivity contribution in [2.75, 3.05) is 13.1 Å². The van der Waals surface area contributed by atoms with E-state index in [-0.39, 0.29) is 12.0 Å². The Morgan fingerprint density at radius 1 is 1.00 bits per heavy atom. The fourth-order valence-corrected chi connectivity index (χ4v) is 3.50. The van der Waals surface area contributed by atoms with Crippen molar-refractivity contribution in [1.29, 1.82) is 0 Å². The minimum absolute atomic E-state index is 0.206. The maximum absolute atomic E-state index is 11.6. The number of hydrogen-bond donors (Lipinski definition) is 1. The van der Waals surface area contributed by atoms with Crippen LogP contribution in [0.4, 0.5) is 0 Å². The fraction of sp³-hybridized carbons (Fsp3) is 0.350. The molecule has 23 heavy (non-hydrogen) atoms. The molecule has 3 rings (SSSR count). The molecule has 1 fully saturated rings. The lowest BCUT2D eigenvalue weighted by atomic mass is 9.89. The predicted molar refractivity (Wildman–Crippen MR) is 91.6 cm³/mol. The molecule has 1 N–H and O–H groups in total. The van der Waals surface area contributed by atoms with Gasteiger partial charge in [0.1, 0.15) is 6.04 Å². The second-order valence-corrected chi connectivity index (χ2v) is 6.22. The van der Waals surface area contributed by atoms with Gasteiger partial charge in [0.25, 0.3) is 0 Å². The van der Waals surface area contributed by atoms with E-state index in [1.807, 2.05) is 12.1 Å². The highest BCUT2D eigenvalue weighted by Gasteiger charge is 2.30. The highest BCUT2D eigenvalue weighted by Crippen LogP contribution is 2.28. The van der Waals surface area contributed by atoms with Crippen LogP contribution in [0.15, 0.2) is 60.7 Å². The summed E-state index contributed by atoms with van der Waals surface area (Å²) in [6, 6.07) is 20.4. The summed E-state index contributed by atoms with van der Waals surface area (Å²) >= 11 is 0. The van der Waals surface area contributed by atoms with Gasteiger partial charge in [-0.15, -0.1) is 0 Å². The molecule has 0 aromatic heterocycles. The Labute approximate surface area is 137 Å². The maximum atomic E-state index is 11.6. The zero-order valence-corrected chi connectivity index (χ0v) is 13.3. The number of rotatable bonds is 5.